The van der Waals surface area contributed by atoms with Crippen molar-refractivity contribution < 1.29 is 8.42 Å². The van der Waals surface area contributed by atoms with Crippen LogP contribution < -0.4 is 10.0 Å². The second-order valence-electron chi connectivity index (χ2n) is 6.03. The smallest absolute Gasteiger partial charge is 0.240 e. The average Bonchev–Trinajstić information content (AvgIpc) is 2.48. The molecule has 0 atom stereocenters. The van der Waals surface area contributed by atoms with Gasteiger partial charge in [-0.2, -0.15) is 0 Å². The molecule has 0 unspecified atom stereocenters. The van der Waals surface area contributed by atoms with Gasteiger partial charge in [-0.15, -0.1) is 0 Å². The highest BCUT2D eigenvalue weighted by atomic mass is 32.2. The molecule has 4 nitrogen and oxygen atoms in total. The third-order valence-electron chi connectivity index (χ3n) is 4.08. The third-order valence-corrected chi connectivity index (χ3v) is 5.62. The molecule has 0 bridgehead atoms. The fourth-order valence-electron chi connectivity index (χ4n) is 2.69. The molecule has 1 aliphatic rings. The second kappa shape index (κ2) is 7.27. The van der Waals surface area contributed by atoms with Gasteiger partial charge in [-0.1, -0.05) is 13.8 Å². The van der Waals surface area contributed by atoms with Crippen molar-refractivity contribution >= 4 is 15.7 Å². The molecule has 1 aromatic rings. The van der Waals surface area contributed by atoms with E-state index in [1.807, 2.05) is 12.1 Å². The first-order valence-electron chi connectivity index (χ1n) is 7.87. The molecule has 2 rings (SSSR count). The van der Waals surface area contributed by atoms with Crippen LogP contribution in [0.5, 0.6) is 0 Å². The fraction of sp³-hybridized carbons (Fsp3) is 0.625. The molecule has 1 aromatic carbocycles. The Morgan fingerprint density at radius 2 is 1.71 bits per heavy atom. The first kappa shape index (κ1) is 16.3. The summed E-state index contributed by atoms with van der Waals surface area (Å²) in [7, 11) is -3.39. The Kier molecular flexibility index (Phi) is 5.65. The van der Waals surface area contributed by atoms with Crippen molar-refractivity contribution in [1.29, 1.82) is 0 Å². The molecule has 0 heterocycles. The molecule has 0 aliphatic heterocycles. The van der Waals surface area contributed by atoms with E-state index in [4.69, 9.17) is 0 Å². The predicted octanol–water partition coefficient (Wildman–Crippen LogP) is 3.37. The number of anilines is 1. The largest absolute Gasteiger partial charge is 0.385 e. The maximum Gasteiger partial charge on any atom is 0.240 e. The third kappa shape index (κ3) is 4.71. The quantitative estimate of drug-likeness (QED) is 0.847. The minimum absolute atomic E-state index is 0.0871. The highest BCUT2D eigenvalue weighted by molar-refractivity contribution is 7.89. The molecule has 2 N–H and O–H groups in total. The van der Waals surface area contributed by atoms with Crippen molar-refractivity contribution in [3.8, 4) is 0 Å². The lowest BCUT2D eigenvalue weighted by Gasteiger charge is -2.26. The molecule has 0 radical (unpaired) electrons. The molecule has 0 spiro atoms. The standard InChI is InChI=1S/C16H26N2O2S/c1-3-12-17-14-8-10-16(11-9-14)21(19,20)18-15-6-4-13(2)5-7-15/h8-11,13,15,17-18H,3-7,12H2,1-2H3. The van der Waals surface area contributed by atoms with Crippen molar-refractivity contribution in [3.63, 3.8) is 0 Å². The molecular weight excluding hydrogens is 284 g/mol. The van der Waals surface area contributed by atoms with E-state index in [-0.39, 0.29) is 6.04 Å². The van der Waals surface area contributed by atoms with Gasteiger partial charge in [0.25, 0.3) is 0 Å². The number of rotatable bonds is 6. The summed E-state index contributed by atoms with van der Waals surface area (Å²) in [5, 5.41) is 3.24. The van der Waals surface area contributed by atoms with Crippen molar-refractivity contribution in [3.05, 3.63) is 24.3 Å². The van der Waals surface area contributed by atoms with Gasteiger partial charge in [0.15, 0.2) is 0 Å². The minimum Gasteiger partial charge on any atom is -0.385 e. The van der Waals surface area contributed by atoms with Crippen LogP contribution in [0.3, 0.4) is 0 Å². The first-order valence-corrected chi connectivity index (χ1v) is 9.36. The molecule has 0 amide bonds. The Balaban J connectivity index is 1.98. The zero-order valence-corrected chi connectivity index (χ0v) is 13.7. The number of hydrogen-bond acceptors (Lipinski definition) is 3. The van der Waals surface area contributed by atoms with Gasteiger partial charge in [0, 0.05) is 18.3 Å². The van der Waals surface area contributed by atoms with Gasteiger partial charge in [-0.3, -0.25) is 0 Å². The number of hydrogen-bond donors (Lipinski definition) is 2. The van der Waals surface area contributed by atoms with Crippen LogP contribution in [0.25, 0.3) is 0 Å². The van der Waals surface area contributed by atoms with Gasteiger partial charge in [0.2, 0.25) is 10.0 Å². The summed E-state index contributed by atoms with van der Waals surface area (Å²) in [6.45, 7) is 5.22. The van der Waals surface area contributed by atoms with Crippen LogP contribution in [0.15, 0.2) is 29.2 Å². The fourth-order valence-corrected chi connectivity index (χ4v) is 3.99. The highest BCUT2D eigenvalue weighted by Crippen LogP contribution is 2.25. The van der Waals surface area contributed by atoms with Crippen LogP contribution in [0.2, 0.25) is 0 Å². The summed E-state index contributed by atoms with van der Waals surface area (Å²) in [6.07, 6.45) is 5.13. The summed E-state index contributed by atoms with van der Waals surface area (Å²) >= 11 is 0. The number of sulfonamides is 1. The summed E-state index contributed by atoms with van der Waals surface area (Å²) < 4.78 is 27.6. The van der Waals surface area contributed by atoms with Gasteiger partial charge in [-0.25, -0.2) is 13.1 Å². The van der Waals surface area contributed by atoms with E-state index >= 15 is 0 Å². The van der Waals surface area contributed by atoms with E-state index < -0.39 is 10.0 Å². The zero-order chi connectivity index (χ0) is 15.3. The Morgan fingerprint density at radius 1 is 1.10 bits per heavy atom. The van der Waals surface area contributed by atoms with E-state index in [0.29, 0.717) is 4.90 Å². The van der Waals surface area contributed by atoms with Gasteiger partial charge < -0.3 is 5.32 Å². The summed E-state index contributed by atoms with van der Waals surface area (Å²) in [6, 6.07) is 7.09. The maximum absolute atomic E-state index is 12.4. The Labute approximate surface area is 128 Å². The average molecular weight is 310 g/mol. The van der Waals surface area contributed by atoms with E-state index in [1.165, 1.54) is 0 Å². The molecular formula is C16H26N2O2S. The molecule has 1 aliphatic carbocycles. The van der Waals surface area contributed by atoms with Crippen molar-refractivity contribution in [2.75, 3.05) is 11.9 Å². The zero-order valence-electron chi connectivity index (χ0n) is 12.9. The van der Waals surface area contributed by atoms with Gasteiger partial charge >= 0.3 is 0 Å². The number of benzene rings is 1. The molecule has 118 valence electrons. The van der Waals surface area contributed by atoms with Crippen LogP contribution in [-0.4, -0.2) is 21.0 Å². The molecule has 1 saturated carbocycles. The molecule has 0 saturated heterocycles. The molecule has 0 aromatic heterocycles. The summed E-state index contributed by atoms with van der Waals surface area (Å²) in [5.41, 5.74) is 0.960. The van der Waals surface area contributed by atoms with Crippen molar-refractivity contribution in [2.24, 2.45) is 5.92 Å². The second-order valence-corrected chi connectivity index (χ2v) is 7.74. The van der Waals surface area contributed by atoms with E-state index in [0.717, 1.165) is 50.3 Å². The lowest BCUT2D eigenvalue weighted by Crippen LogP contribution is -2.37. The SMILES string of the molecule is CCCNc1ccc(S(=O)(=O)NC2CCC(C)CC2)cc1. The van der Waals surface area contributed by atoms with Crippen LogP contribution in [0, 0.1) is 5.92 Å². The van der Waals surface area contributed by atoms with Gasteiger partial charge in [0.1, 0.15) is 0 Å². The van der Waals surface area contributed by atoms with Crippen LogP contribution in [0.4, 0.5) is 5.69 Å². The van der Waals surface area contributed by atoms with Gasteiger partial charge in [-0.05, 0) is 62.3 Å². The van der Waals surface area contributed by atoms with Crippen molar-refractivity contribution in [2.45, 2.75) is 56.9 Å². The monoisotopic (exact) mass is 310 g/mol. The summed E-state index contributed by atoms with van der Waals surface area (Å²) in [5.74, 6) is 0.717. The normalized spacial score (nSPS) is 23.0. The number of nitrogens with one attached hydrogen (secondary N) is 2. The molecule has 5 heteroatoms. The van der Waals surface area contributed by atoms with Crippen LogP contribution in [0.1, 0.15) is 46.0 Å². The Morgan fingerprint density at radius 3 is 2.29 bits per heavy atom. The lowest BCUT2D eigenvalue weighted by molar-refractivity contribution is 0.332. The van der Waals surface area contributed by atoms with Crippen LogP contribution in [-0.2, 0) is 10.0 Å². The predicted molar refractivity (Wildman–Crippen MR) is 87.0 cm³/mol. The van der Waals surface area contributed by atoms with E-state index in [2.05, 4.69) is 23.9 Å². The summed E-state index contributed by atoms with van der Waals surface area (Å²) in [4.78, 5) is 0.350. The molecule has 1 fully saturated rings. The van der Waals surface area contributed by atoms with E-state index in [1.54, 1.807) is 12.1 Å². The Bertz CT molecular complexity index is 532. The molecule has 21 heavy (non-hydrogen) atoms. The highest BCUT2D eigenvalue weighted by Gasteiger charge is 2.23. The van der Waals surface area contributed by atoms with E-state index in [9.17, 15) is 8.42 Å². The maximum atomic E-state index is 12.4. The topological polar surface area (TPSA) is 58.2 Å². The van der Waals surface area contributed by atoms with Gasteiger partial charge in [0.05, 0.1) is 4.90 Å². The minimum atomic E-state index is -3.39. The van der Waals surface area contributed by atoms with Crippen molar-refractivity contribution in [1.82, 2.24) is 4.72 Å². The Hall–Kier alpha value is -1.07. The first-order chi connectivity index (χ1) is 10.0. The lowest BCUT2D eigenvalue weighted by atomic mass is 9.88. The van der Waals surface area contributed by atoms with Crippen LogP contribution >= 0.6 is 0 Å².